The van der Waals surface area contributed by atoms with Crippen LogP contribution < -0.4 is 10.5 Å². The van der Waals surface area contributed by atoms with Gasteiger partial charge in [0.05, 0.1) is 0 Å². The number of rotatable bonds is 5. The molecule has 1 rings (SSSR count). The summed E-state index contributed by atoms with van der Waals surface area (Å²) in [5.74, 6) is 1.25. The Labute approximate surface area is 71.3 Å². The number of furan rings is 1. The van der Waals surface area contributed by atoms with E-state index in [9.17, 15) is 0 Å². The molecule has 12 heavy (non-hydrogen) atoms. The molecule has 0 aromatic carbocycles. The van der Waals surface area contributed by atoms with Crippen molar-refractivity contribution in [1.82, 2.24) is 0 Å². The van der Waals surface area contributed by atoms with Gasteiger partial charge in [0.25, 0.3) is 5.95 Å². The topological polar surface area (TPSA) is 57.6 Å². The molecule has 0 aliphatic carbocycles. The number of hydrogen-bond donors (Lipinski definition) is 1. The quantitative estimate of drug-likeness (QED) is 0.710. The predicted octanol–water partition coefficient (Wildman–Crippen LogP) is 0.764. The molecule has 0 saturated carbocycles. The van der Waals surface area contributed by atoms with Crippen LogP contribution in [-0.2, 0) is 11.3 Å². The lowest BCUT2D eigenvalue weighted by atomic mass is 10.5. The maximum absolute atomic E-state index is 5.25. The Balaban J connectivity index is 2.41. The van der Waals surface area contributed by atoms with Gasteiger partial charge in [0.1, 0.15) is 19.0 Å². The summed E-state index contributed by atoms with van der Waals surface area (Å²) >= 11 is 0. The van der Waals surface area contributed by atoms with Gasteiger partial charge in [-0.2, -0.15) is 0 Å². The highest BCUT2D eigenvalue weighted by atomic mass is 16.6. The second kappa shape index (κ2) is 4.79. The molecule has 0 fully saturated rings. The summed E-state index contributed by atoms with van der Waals surface area (Å²) in [4.78, 5) is 0. The summed E-state index contributed by atoms with van der Waals surface area (Å²) < 4.78 is 15.2. The summed E-state index contributed by atoms with van der Waals surface area (Å²) in [6.07, 6.45) is 0. The normalized spacial score (nSPS) is 10.2. The molecule has 2 N–H and O–H groups in total. The standard InChI is InChI=1S/C8H13NO3/c1-10-6-7-2-3-8(12-7)11-5-4-9/h2-3H,4-6,9H2,1H3. The van der Waals surface area contributed by atoms with E-state index < -0.39 is 0 Å². The average Bonchev–Trinajstić information content (AvgIpc) is 2.50. The number of ether oxygens (including phenoxy) is 2. The summed E-state index contributed by atoms with van der Waals surface area (Å²) in [5, 5.41) is 0. The van der Waals surface area contributed by atoms with Crippen LogP contribution in [0.3, 0.4) is 0 Å². The van der Waals surface area contributed by atoms with Gasteiger partial charge >= 0.3 is 0 Å². The molecule has 4 nitrogen and oxygen atoms in total. The largest absolute Gasteiger partial charge is 0.464 e. The van der Waals surface area contributed by atoms with E-state index in [-0.39, 0.29) is 0 Å². The summed E-state index contributed by atoms with van der Waals surface area (Å²) in [5.41, 5.74) is 5.25. The maximum atomic E-state index is 5.25. The molecule has 0 unspecified atom stereocenters. The predicted molar refractivity (Wildman–Crippen MR) is 44.0 cm³/mol. The first kappa shape index (κ1) is 9.09. The maximum Gasteiger partial charge on any atom is 0.284 e. The highest BCUT2D eigenvalue weighted by molar-refractivity contribution is 5.11. The second-order valence-corrected chi connectivity index (χ2v) is 2.29. The van der Waals surface area contributed by atoms with E-state index in [0.717, 1.165) is 5.76 Å². The van der Waals surface area contributed by atoms with E-state index in [4.69, 9.17) is 19.6 Å². The van der Waals surface area contributed by atoms with Gasteiger partial charge in [0.2, 0.25) is 0 Å². The first-order valence-electron chi connectivity index (χ1n) is 3.77. The number of nitrogens with two attached hydrogens (primary N) is 1. The van der Waals surface area contributed by atoms with Crippen LogP contribution in [-0.4, -0.2) is 20.3 Å². The van der Waals surface area contributed by atoms with Crippen molar-refractivity contribution in [3.63, 3.8) is 0 Å². The van der Waals surface area contributed by atoms with Crippen LogP contribution in [0, 0.1) is 0 Å². The monoisotopic (exact) mass is 171 g/mol. The third-order valence-electron chi connectivity index (χ3n) is 1.29. The average molecular weight is 171 g/mol. The lowest BCUT2D eigenvalue weighted by Gasteiger charge is -1.98. The van der Waals surface area contributed by atoms with Gasteiger partial charge in [-0.15, -0.1) is 0 Å². The van der Waals surface area contributed by atoms with Crippen molar-refractivity contribution in [2.75, 3.05) is 20.3 Å². The number of hydrogen-bond acceptors (Lipinski definition) is 4. The first-order valence-corrected chi connectivity index (χ1v) is 3.77. The Morgan fingerprint density at radius 2 is 2.33 bits per heavy atom. The zero-order valence-corrected chi connectivity index (χ0v) is 7.08. The zero-order chi connectivity index (χ0) is 8.81. The minimum atomic E-state index is 0.464. The van der Waals surface area contributed by atoms with E-state index in [1.165, 1.54) is 0 Å². The molecule has 0 radical (unpaired) electrons. The first-order chi connectivity index (χ1) is 5.86. The molecule has 1 aromatic rings. The summed E-state index contributed by atoms with van der Waals surface area (Å²) in [7, 11) is 1.61. The lowest BCUT2D eigenvalue weighted by Crippen LogP contribution is -2.10. The van der Waals surface area contributed by atoms with Crippen LogP contribution in [0.4, 0.5) is 0 Å². The van der Waals surface area contributed by atoms with Crippen LogP contribution in [0.1, 0.15) is 5.76 Å². The SMILES string of the molecule is COCc1ccc(OCCN)o1. The Kier molecular flexibility index (Phi) is 3.63. The molecule has 0 atom stereocenters. The second-order valence-electron chi connectivity index (χ2n) is 2.29. The van der Waals surface area contributed by atoms with Crippen molar-refractivity contribution in [3.05, 3.63) is 17.9 Å². The van der Waals surface area contributed by atoms with E-state index >= 15 is 0 Å². The van der Waals surface area contributed by atoms with E-state index in [0.29, 0.717) is 25.7 Å². The van der Waals surface area contributed by atoms with E-state index in [2.05, 4.69) is 0 Å². The van der Waals surface area contributed by atoms with Gasteiger partial charge in [-0.3, -0.25) is 0 Å². The van der Waals surface area contributed by atoms with Crippen LogP contribution in [0.15, 0.2) is 16.5 Å². The fourth-order valence-electron chi connectivity index (χ4n) is 0.815. The zero-order valence-electron chi connectivity index (χ0n) is 7.08. The third kappa shape index (κ3) is 2.56. The minimum absolute atomic E-state index is 0.464. The Bertz CT molecular complexity index is 222. The van der Waals surface area contributed by atoms with Crippen molar-refractivity contribution in [2.24, 2.45) is 5.73 Å². The molecule has 0 saturated heterocycles. The Hall–Kier alpha value is -1.00. The summed E-state index contributed by atoms with van der Waals surface area (Å²) in [6, 6.07) is 3.57. The van der Waals surface area contributed by atoms with E-state index in [1.807, 2.05) is 6.07 Å². The Morgan fingerprint density at radius 3 is 3.00 bits per heavy atom. The van der Waals surface area contributed by atoms with Crippen LogP contribution in [0.5, 0.6) is 5.95 Å². The molecular weight excluding hydrogens is 158 g/mol. The molecule has 0 aliphatic rings. The van der Waals surface area contributed by atoms with Gasteiger partial charge in [-0.1, -0.05) is 0 Å². The molecule has 0 aliphatic heterocycles. The Morgan fingerprint density at radius 1 is 1.50 bits per heavy atom. The molecule has 0 spiro atoms. The van der Waals surface area contributed by atoms with Gasteiger partial charge in [-0.25, -0.2) is 0 Å². The van der Waals surface area contributed by atoms with Crippen LogP contribution >= 0.6 is 0 Å². The van der Waals surface area contributed by atoms with Crippen molar-refractivity contribution < 1.29 is 13.9 Å². The van der Waals surface area contributed by atoms with Crippen molar-refractivity contribution in [3.8, 4) is 5.95 Å². The minimum Gasteiger partial charge on any atom is -0.464 e. The molecule has 68 valence electrons. The molecule has 0 bridgehead atoms. The van der Waals surface area contributed by atoms with Gasteiger partial charge in [0.15, 0.2) is 0 Å². The number of methoxy groups -OCH3 is 1. The van der Waals surface area contributed by atoms with Crippen molar-refractivity contribution >= 4 is 0 Å². The smallest absolute Gasteiger partial charge is 0.284 e. The molecule has 4 heteroatoms. The molecule has 1 heterocycles. The van der Waals surface area contributed by atoms with Crippen LogP contribution in [0.2, 0.25) is 0 Å². The third-order valence-corrected chi connectivity index (χ3v) is 1.29. The summed E-state index contributed by atoms with van der Waals surface area (Å²) in [6.45, 7) is 1.42. The molecule has 1 aromatic heterocycles. The van der Waals surface area contributed by atoms with Crippen molar-refractivity contribution in [2.45, 2.75) is 6.61 Å². The fourth-order valence-corrected chi connectivity index (χ4v) is 0.815. The fraction of sp³-hybridized carbons (Fsp3) is 0.500. The highest BCUT2D eigenvalue weighted by Gasteiger charge is 2.00. The highest BCUT2D eigenvalue weighted by Crippen LogP contribution is 2.15. The van der Waals surface area contributed by atoms with E-state index in [1.54, 1.807) is 13.2 Å². The van der Waals surface area contributed by atoms with Crippen molar-refractivity contribution in [1.29, 1.82) is 0 Å². The molecule has 0 amide bonds. The van der Waals surface area contributed by atoms with Gasteiger partial charge in [-0.05, 0) is 6.07 Å². The van der Waals surface area contributed by atoms with Gasteiger partial charge < -0.3 is 19.6 Å². The lowest BCUT2D eigenvalue weighted by molar-refractivity contribution is 0.153. The van der Waals surface area contributed by atoms with Gasteiger partial charge in [0, 0.05) is 19.7 Å². The molecular formula is C8H13NO3. The van der Waals surface area contributed by atoms with Crippen LogP contribution in [0.25, 0.3) is 0 Å².